The van der Waals surface area contributed by atoms with E-state index in [1.54, 1.807) is 0 Å². The lowest BCUT2D eigenvalue weighted by atomic mass is 9.87. The molecule has 0 fully saturated rings. The van der Waals surface area contributed by atoms with E-state index < -0.39 is 0 Å². The number of benzene rings is 1. The van der Waals surface area contributed by atoms with Crippen LogP contribution < -0.4 is 5.32 Å². The number of anilines is 1. The van der Waals surface area contributed by atoms with E-state index in [-0.39, 0.29) is 11.3 Å². The summed E-state index contributed by atoms with van der Waals surface area (Å²) >= 11 is 5.49. The summed E-state index contributed by atoms with van der Waals surface area (Å²) in [6, 6.07) is 7.92. The first kappa shape index (κ1) is 13.0. The van der Waals surface area contributed by atoms with Crippen molar-refractivity contribution in [3.63, 3.8) is 0 Å². The van der Waals surface area contributed by atoms with Crippen molar-refractivity contribution in [3.8, 4) is 0 Å². The van der Waals surface area contributed by atoms with Gasteiger partial charge in [0.05, 0.1) is 0 Å². The zero-order chi connectivity index (χ0) is 12.2. The molecule has 88 valence electrons. The lowest BCUT2D eigenvalue weighted by Crippen LogP contribution is -2.13. The molecule has 3 heteroatoms. The number of carbonyl (C=O) groups is 1. The van der Waals surface area contributed by atoms with E-state index in [1.807, 2.05) is 24.3 Å². The fourth-order valence-electron chi connectivity index (χ4n) is 1.36. The van der Waals surface area contributed by atoms with Gasteiger partial charge in [-0.05, 0) is 23.1 Å². The van der Waals surface area contributed by atoms with Gasteiger partial charge in [-0.2, -0.15) is 0 Å². The van der Waals surface area contributed by atoms with Crippen molar-refractivity contribution >= 4 is 23.2 Å². The van der Waals surface area contributed by atoms with Gasteiger partial charge in [0, 0.05) is 18.0 Å². The summed E-state index contributed by atoms with van der Waals surface area (Å²) in [6.45, 7) is 6.48. The van der Waals surface area contributed by atoms with Crippen LogP contribution in [0.15, 0.2) is 24.3 Å². The highest BCUT2D eigenvalue weighted by molar-refractivity contribution is 6.19. The third kappa shape index (κ3) is 3.86. The average molecular weight is 240 g/mol. The lowest BCUT2D eigenvalue weighted by Gasteiger charge is -2.19. The number of alkyl halides is 1. The second kappa shape index (κ2) is 5.35. The third-order valence-corrected chi connectivity index (χ3v) is 2.55. The number of rotatable bonds is 3. The van der Waals surface area contributed by atoms with Crippen molar-refractivity contribution in [3.05, 3.63) is 29.8 Å². The van der Waals surface area contributed by atoms with E-state index in [0.29, 0.717) is 12.3 Å². The SMILES string of the molecule is CC(C)(C)c1ccc(NC(=O)CCCl)cc1. The van der Waals surface area contributed by atoms with Crippen LogP contribution in [0, 0.1) is 0 Å². The van der Waals surface area contributed by atoms with Gasteiger partial charge in [-0.1, -0.05) is 32.9 Å². The lowest BCUT2D eigenvalue weighted by molar-refractivity contribution is -0.115. The first-order chi connectivity index (χ1) is 7.43. The minimum Gasteiger partial charge on any atom is -0.326 e. The molecular weight excluding hydrogens is 222 g/mol. The molecular formula is C13H18ClNO. The molecule has 0 spiro atoms. The number of nitrogens with one attached hydrogen (secondary N) is 1. The number of amides is 1. The molecule has 0 radical (unpaired) electrons. The summed E-state index contributed by atoms with van der Waals surface area (Å²) in [5.41, 5.74) is 2.21. The molecule has 0 unspecified atom stereocenters. The number of hydrogen-bond donors (Lipinski definition) is 1. The first-order valence-electron chi connectivity index (χ1n) is 5.40. The van der Waals surface area contributed by atoms with Crippen molar-refractivity contribution in [1.82, 2.24) is 0 Å². The van der Waals surface area contributed by atoms with Gasteiger partial charge in [-0.3, -0.25) is 4.79 Å². The summed E-state index contributed by atoms with van der Waals surface area (Å²) in [4.78, 5) is 11.3. The van der Waals surface area contributed by atoms with E-state index in [2.05, 4.69) is 26.1 Å². The molecule has 1 aromatic carbocycles. The van der Waals surface area contributed by atoms with Gasteiger partial charge < -0.3 is 5.32 Å². The Morgan fingerprint density at radius 1 is 1.25 bits per heavy atom. The van der Waals surface area contributed by atoms with Crippen LogP contribution in [-0.4, -0.2) is 11.8 Å². The monoisotopic (exact) mass is 239 g/mol. The quantitative estimate of drug-likeness (QED) is 0.803. The van der Waals surface area contributed by atoms with Crippen molar-refractivity contribution in [2.45, 2.75) is 32.6 Å². The minimum absolute atomic E-state index is 0.0430. The van der Waals surface area contributed by atoms with E-state index in [1.165, 1.54) is 5.56 Å². The Morgan fingerprint density at radius 3 is 2.25 bits per heavy atom. The minimum atomic E-state index is -0.0430. The van der Waals surface area contributed by atoms with Crippen LogP contribution in [-0.2, 0) is 10.2 Å². The van der Waals surface area contributed by atoms with Gasteiger partial charge in [0.25, 0.3) is 0 Å². The van der Waals surface area contributed by atoms with Crippen LogP contribution in [0.2, 0.25) is 0 Å². The van der Waals surface area contributed by atoms with Crippen LogP contribution in [0.5, 0.6) is 0 Å². The molecule has 2 nitrogen and oxygen atoms in total. The highest BCUT2D eigenvalue weighted by Gasteiger charge is 2.12. The smallest absolute Gasteiger partial charge is 0.225 e. The van der Waals surface area contributed by atoms with Crippen LogP contribution in [0.4, 0.5) is 5.69 Å². The second-order valence-corrected chi connectivity index (χ2v) is 5.19. The predicted octanol–water partition coefficient (Wildman–Crippen LogP) is 3.55. The summed E-state index contributed by atoms with van der Waals surface area (Å²) < 4.78 is 0. The summed E-state index contributed by atoms with van der Waals surface area (Å²) in [5.74, 6) is 0.310. The molecule has 1 rings (SSSR count). The maximum absolute atomic E-state index is 11.3. The highest BCUT2D eigenvalue weighted by atomic mass is 35.5. The van der Waals surface area contributed by atoms with Gasteiger partial charge in [0.15, 0.2) is 0 Å². The van der Waals surface area contributed by atoms with E-state index >= 15 is 0 Å². The molecule has 0 saturated heterocycles. The van der Waals surface area contributed by atoms with Crippen molar-refractivity contribution in [2.75, 3.05) is 11.2 Å². The van der Waals surface area contributed by atoms with Crippen molar-refractivity contribution in [2.24, 2.45) is 0 Å². The van der Waals surface area contributed by atoms with Gasteiger partial charge in [0.1, 0.15) is 0 Å². The van der Waals surface area contributed by atoms with E-state index in [9.17, 15) is 4.79 Å². The van der Waals surface area contributed by atoms with Crippen LogP contribution in [0.25, 0.3) is 0 Å². The Bertz CT molecular complexity index is 351. The van der Waals surface area contributed by atoms with Crippen LogP contribution in [0.3, 0.4) is 0 Å². The molecule has 0 aliphatic rings. The predicted molar refractivity (Wildman–Crippen MR) is 69.1 cm³/mol. The van der Waals surface area contributed by atoms with E-state index in [0.717, 1.165) is 5.69 Å². The van der Waals surface area contributed by atoms with Crippen molar-refractivity contribution < 1.29 is 4.79 Å². The molecule has 0 heterocycles. The molecule has 1 aromatic rings. The van der Waals surface area contributed by atoms with Crippen LogP contribution >= 0.6 is 11.6 Å². The Hall–Kier alpha value is -1.02. The van der Waals surface area contributed by atoms with Gasteiger partial charge in [-0.25, -0.2) is 0 Å². The molecule has 0 aromatic heterocycles. The topological polar surface area (TPSA) is 29.1 Å². The Morgan fingerprint density at radius 2 is 1.81 bits per heavy atom. The largest absolute Gasteiger partial charge is 0.326 e. The zero-order valence-corrected chi connectivity index (χ0v) is 10.8. The maximum Gasteiger partial charge on any atom is 0.225 e. The molecule has 0 aliphatic carbocycles. The van der Waals surface area contributed by atoms with E-state index in [4.69, 9.17) is 11.6 Å². The fraction of sp³-hybridized carbons (Fsp3) is 0.462. The first-order valence-corrected chi connectivity index (χ1v) is 5.93. The molecule has 0 bridgehead atoms. The normalized spacial score (nSPS) is 11.2. The maximum atomic E-state index is 11.3. The summed E-state index contributed by atoms with van der Waals surface area (Å²) in [7, 11) is 0. The highest BCUT2D eigenvalue weighted by Crippen LogP contribution is 2.23. The van der Waals surface area contributed by atoms with Gasteiger partial charge in [0.2, 0.25) is 5.91 Å². The summed E-state index contributed by atoms with van der Waals surface area (Å²) in [5, 5.41) is 2.80. The molecule has 1 N–H and O–H groups in total. The molecule has 0 aliphatic heterocycles. The average Bonchev–Trinajstić information content (AvgIpc) is 2.17. The standard InChI is InChI=1S/C13H18ClNO/c1-13(2,3)10-4-6-11(7-5-10)15-12(16)8-9-14/h4-7H,8-9H2,1-3H3,(H,15,16). The number of hydrogen-bond acceptors (Lipinski definition) is 1. The third-order valence-electron chi connectivity index (χ3n) is 2.36. The molecule has 1 amide bonds. The second-order valence-electron chi connectivity index (χ2n) is 4.81. The Balaban J connectivity index is 2.69. The van der Waals surface area contributed by atoms with Crippen molar-refractivity contribution in [1.29, 1.82) is 0 Å². The zero-order valence-electron chi connectivity index (χ0n) is 10.0. The Labute approximate surface area is 102 Å². The van der Waals surface area contributed by atoms with Gasteiger partial charge in [-0.15, -0.1) is 11.6 Å². The van der Waals surface area contributed by atoms with Crippen LogP contribution in [0.1, 0.15) is 32.8 Å². The molecule has 0 saturated carbocycles. The number of carbonyl (C=O) groups excluding carboxylic acids is 1. The number of halogens is 1. The fourth-order valence-corrected chi connectivity index (χ4v) is 1.53. The molecule has 16 heavy (non-hydrogen) atoms. The Kier molecular flexibility index (Phi) is 4.36. The summed E-state index contributed by atoms with van der Waals surface area (Å²) in [6.07, 6.45) is 0.350. The van der Waals surface area contributed by atoms with Gasteiger partial charge >= 0.3 is 0 Å². The molecule has 0 atom stereocenters.